The number of hydrogen-bond donors (Lipinski definition) is 1. The van der Waals surface area contributed by atoms with Crippen molar-refractivity contribution < 1.29 is 9.53 Å². The molecule has 0 fully saturated rings. The molecule has 22 heavy (non-hydrogen) atoms. The van der Waals surface area contributed by atoms with Gasteiger partial charge >= 0.3 is 6.09 Å². The van der Waals surface area contributed by atoms with Gasteiger partial charge in [-0.25, -0.2) is 4.79 Å². The maximum atomic E-state index is 12.1. The highest BCUT2D eigenvalue weighted by Crippen LogP contribution is 2.16. The topological polar surface area (TPSA) is 38.3 Å². The summed E-state index contributed by atoms with van der Waals surface area (Å²) in [5.74, 6) is 0. The van der Waals surface area contributed by atoms with Crippen LogP contribution >= 0.6 is 0 Å². The second-order valence-corrected chi connectivity index (χ2v) is 6.65. The number of unbranched alkanes of at least 4 members (excludes halogenated alkanes) is 1. The number of alkyl carbamates (subject to hydrolysis) is 1. The van der Waals surface area contributed by atoms with E-state index >= 15 is 0 Å². The quantitative estimate of drug-likeness (QED) is 0.730. The molecule has 0 saturated carbocycles. The van der Waals surface area contributed by atoms with Gasteiger partial charge in [-0.1, -0.05) is 55.8 Å². The molecule has 3 heteroatoms. The van der Waals surface area contributed by atoms with Gasteiger partial charge in [-0.15, -0.1) is 0 Å². The molecule has 1 amide bonds. The van der Waals surface area contributed by atoms with Crippen molar-refractivity contribution in [3.8, 4) is 0 Å². The van der Waals surface area contributed by atoms with Crippen molar-refractivity contribution in [2.45, 2.75) is 65.0 Å². The molecular weight excluding hydrogens is 274 g/mol. The van der Waals surface area contributed by atoms with Crippen molar-refractivity contribution in [1.82, 2.24) is 5.32 Å². The highest BCUT2D eigenvalue weighted by molar-refractivity contribution is 5.68. The summed E-state index contributed by atoms with van der Waals surface area (Å²) in [7, 11) is 0. The van der Waals surface area contributed by atoms with Crippen LogP contribution in [0.1, 0.15) is 52.5 Å². The molecular formula is C19H29NO2. The van der Waals surface area contributed by atoms with E-state index in [1.165, 1.54) is 5.56 Å². The van der Waals surface area contributed by atoms with Gasteiger partial charge in [0.15, 0.2) is 0 Å². The summed E-state index contributed by atoms with van der Waals surface area (Å²) in [5, 5.41) is 2.97. The minimum Gasteiger partial charge on any atom is -0.444 e. The number of ether oxygens (including phenoxy) is 1. The first-order chi connectivity index (χ1) is 10.3. The number of carbonyl (C=O) groups is 1. The second kappa shape index (κ2) is 8.62. The van der Waals surface area contributed by atoms with Crippen LogP contribution in [0.4, 0.5) is 4.79 Å². The highest BCUT2D eigenvalue weighted by atomic mass is 16.6. The molecule has 122 valence electrons. The maximum Gasteiger partial charge on any atom is 0.408 e. The zero-order valence-corrected chi connectivity index (χ0v) is 14.3. The van der Waals surface area contributed by atoms with Crippen LogP contribution in [0.3, 0.4) is 0 Å². The average molecular weight is 303 g/mol. The molecule has 0 aliphatic rings. The van der Waals surface area contributed by atoms with Gasteiger partial charge in [0, 0.05) is 0 Å². The largest absolute Gasteiger partial charge is 0.444 e. The van der Waals surface area contributed by atoms with Crippen LogP contribution < -0.4 is 5.32 Å². The number of hydrogen-bond acceptors (Lipinski definition) is 2. The minimum atomic E-state index is -0.494. The lowest BCUT2D eigenvalue weighted by molar-refractivity contribution is 0.0511. The van der Waals surface area contributed by atoms with E-state index in [4.69, 9.17) is 4.74 Å². The SMILES string of the molecule is C=C(CCCC)[C@H](Cc1ccccc1)NC(=O)OC(C)(C)C. The Balaban J connectivity index is 2.73. The van der Waals surface area contributed by atoms with E-state index in [2.05, 4.69) is 31.0 Å². The van der Waals surface area contributed by atoms with Gasteiger partial charge in [0.25, 0.3) is 0 Å². The molecule has 0 radical (unpaired) electrons. The molecule has 0 aliphatic carbocycles. The summed E-state index contributed by atoms with van der Waals surface area (Å²) < 4.78 is 5.37. The summed E-state index contributed by atoms with van der Waals surface area (Å²) >= 11 is 0. The fourth-order valence-corrected chi connectivity index (χ4v) is 2.18. The van der Waals surface area contributed by atoms with Crippen LogP contribution in [0.5, 0.6) is 0 Å². The molecule has 3 nitrogen and oxygen atoms in total. The molecule has 1 atom stereocenters. The lowest BCUT2D eigenvalue weighted by atomic mass is 9.96. The number of nitrogens with one attached hydrogen (secondary N) is 1. The van der Waals surface area contributed by atoms with E-state index < -0.39 is 5.60 Å². The number of amides is 1. The van der Waals surface area contributed by atoms with Crippen molar-refractivity contribution in [3.63, 3.8) is 0 Å². The van der Waals surface area contributed by atoms with Gasteiger partial charge in [0.2, 0.25) is 0 Å². The third kappa shape index (κ3) is 7.30. The normalized spacial score (nSPS) is 12.5. The van der Waals surface area contributed by atoms with Gasteiger partial charge in [-0.2, -0.15) is 0 Å². The Kier molecular flexibility index (Phi) is 7.16. The molecule has 1 N–H and O–H groups in total. The van der Waals surface area contributed by atoms with Crippen molar-refractivity contribution >= 4 is 6.09 Å². The fourth-order valence-electron chi connectivity index (χ4n) is 2.18. The summed E-state index contributed by atoms with van der Waals surface area (Å²) in [6.07, 6.45) is 3.47. The van der Waals surface area contributed by atoms with E-state index in [0.717, 1.165) is 31.3 Å². The lowest BCUT2D eigenvalue weighted by Crippen LogP contribution is -2.41. The average Bonchev–Trinajstić information content (AvgIpc) is 2.43. The summed E-state index contributed by atoms with van der Waals surface area (Å²) in [5.41, 5.74) is 1.74. The molecule has 0 heterocycles. The molecule has 0 aromatic heterocycles. The minimum absolute atomic E-state index is 0.0937. The molecule has 0 unspecified atom stereocenters. The first-order valence-corrected chi connectivity index (χ1v) is 8.03. The predicted octanol–water partition coefficient (Wildman–Crippen LogP) is 4.87. The van der Waals surface area contributed by atoms with Crippen LogP contribution in [0.25, 0.3) is 0 Å². The molecule has 1 rings (SSSR count). The Labute approximate surface area is 134 Å². The molecule has 0 saturated heterocycles. The monoisotopic (exact) mass is 303 g/mol. The standard InChI is InChI=1S/C19H29NO2/c1-6-7-11-15(2)17(14-16-12-9-8-10-13-16)20-18(21)22-19(3,4)5/h8-10,12-13,17H,2,6-7,11,14H2,1,3-5H3,(H,20,21)/t17-/m0/s1. The molecule has 1 aromatic carbocycles. The first-order valence-electron chi connectivity index (χ1n) is 8.03. The smallest absolute Gasteiger partial charge is 0.408 e. The summed E-state index contributed by atoms with van der Waals surface area (Å²) in [6, 6.07) is 10.0. The Morgan fingerprint density at radius 3 is 2.45 bits per heavy atom. The van der Waals surface area contributed by atoms with Crippen LogP contribution in [0.15, 0.2) is 42.5 Å². The second-order valence-electron chi connectivity index (χ2n) is 6.65. The first kappa shape index (κ1) is 18.3. The van der Waals surface area contributed by atoms with Crippen LogP contribution in [-0.4, -0.2) is 17.7 Å². The lowest BCUT2D eigenvalue weighted by Gasteiger charge is -2.25. The Hall–Kier alpha value is -1.77. The van der Waals surface area contributed by atoms with Crippen molar-refractivity contribution in [2.24, 2.45) is 0 Å². The van der Waals surface area contributed by atoms with Crippen molar-refractivity contribution in [3.05, 3.63) is 48.0 Å². The zero-order valence-electron chi connectivity index (χ0n) is 14.3. The molecule has 0 aliphatic heterocycles. The van der Waals surface area contributed by atoms with E-state index in [9.17, 15) is 4.79 Å². The zero-order chi connectivity index (χ0) is 16.6. The van der Waals surface area contributed by atoms with Gasteiger partial charge in [-0.05, 0) is 45.6 Å². The van der Waals surface area contributed by atoms with Gasteiger partial charge in [0.1, 0.15) is 5.60 Å². The summed E-state index contributed by atoms with van der Waals surface area (Å²) in [4.78, 5) is 12.1. The van der Waals surface area contributed by atoms with Gasteiger partial charge < -0.3 is 10.1 Å². The van der Waals surface area contributed by atoms with E-state index in [1.54, 1.807) is 0 Å². The van der Waals surface area contributed by atoms with Crippen LogP contribution in [0, 0.1) is 0 Å². The predicted molar refractivity (Wildman–Crippen MR) is 92.0 cm³/mol. The molecule has 1 aromatic rings. The van der Waals surface area contributed by atoms with Crippen molar-refractivity contribution in [1.29, 1.82) is 0 Å². The third-order valence-corrected chi connectivity index (χ3v) is 3.32. The van der Waals surface area contributed by atoms with E-state index in [1.807, 2.05) is 39.0 Å². The Morgan fingerprint density at radius 1 is 1.27 bits per heavy atom. The van der Waals surface area contributed by atoms with Gasteiger partial charge in [0.05, 0.1) is 6.04 Å². The molecule has 0 bridgehead atoms. The molecule has 0 spiro atoms. The Bertz CT molecular complexity index is 474. The Morgan fingerprint density at radius 2 is 1.91 bits per heavy atom. The number of carbonyl (C=O) groups excluding carboxylic acids is 1. The highest BCUT2D eigenvalue weighted by Gasteiger charge is 2.21. The maximum absolute atomic E-state index is 12.1. The summed E-state index contributed by atoms with van der Waals surface area (Å²) in [6.45, 7) is 11.9. The van der Waals surface area contributed by atoms with E-state index in [-0.39, 0.29) is 12.1 Å². The van der Waals surface area contributed by atoms with Crippen LogP contribution in [-0.2, 0) is 11.2 Å². The fraction of sp³-hybridized carbons (Fsp3) is 0.526. The van der Waals surface area contributed by atoms with E-state index in [0.29, 0.717) is 0 Å². The van der Waals surface area contributed by atoms with Crippen molar-refractivity contribution in [2.75, 3.05) is 0 Å². The number of benzene rings is 1. The van der Waals surface area contributed by atoms with Gasteiger partial charge in [-0.3, -0.25) is 0 Å². The van der Waals surface area contributed by atoms with Crippen LogP contribution in [0.2, 0.25) is 0 Å². The number of rotatable bonds is 7. The third-order valence-electron chi connectivity index (χ3n) is 3.32.